The summed E-state index contributed by atoms with van der Waals surface area (Å²) in [5.41, 5.74) is 4.73. The molecule has 4 rings (SSSR count). The number of nitrogens with zero attached hydrogens (tertiary/aromatic N) is 4. The van der Waals surface area contributed by atoms with Gasteiger partial charge in [-0.3, -0.25) is 9.69 Å². The molecule has 0 atom stereocenters. The SMILES string of the molecule is CN(C)C(=O)c1cccnc1NCCCN1CCN(c2ccccc2Cc2ccccc2)CC1. The van der Waals surface area contributed by atoms with Crippen molar-refractivity contribution in [1.82, 2.24) is 14.8 Å². The van der Waals surface area contributed by atoms with Crippen LogP contribution < -0.4 is 10.2 Å². The predicted octanol–water partition coefficient (Wildman–Crippen LogP) is 4.00. The van der Waals surface area contributed by atoms with Gasteiger partial charge in [0.05, 0.1) is 5.56 Å². The average Bonchev–Trinajstić information content (AvgIpc) is 2.88. The Morgan fingerprint density at radius 3 is 2.44 bits per heavy atom. The number of nitrogens with one attached hydrogen (secondary N) is 1. The van der Waals surface area contributed by atoms with Gasteiger partial charge in [0.2, 0.25) is 0 Å². The van der Waals surface area contributed by atoms with E-state index in [1.165, 1.54) is 16.8 Å². The number of anilines is 2. The van der Waals surface area contributed by atoms with Crippen LogP contribution in [0.15, 0.2) is 72.9 Å². The van der Waals surface area contributed by atoms with Crippen molar-refractivity contribution in [2.75, 3.05) is 63.6 Å². The zero-order chi connectivity index (χ0) is 23.8. The van der Waals surface area contributed by atoms with E-state index in [1.807, 2.05) is 6.07 Å². The first-order valence-corrected chi connectivity index (χ1v) is 12.1. The third-order valence-electron chi connectivity index (χ3n) is 6.33. The normalized spacial score (nSPS) is 14.1. The molecule has 0 spiro atoms. The summed E-state index contributed by atoms with van der Waals surface area (Å²) in [5.74, 6) is 0.639. The molecule has 34 heavy (non-hydrogen) atoms. The van der Waals surface area contributed by atoms with Crippen molar-refractivity contribution in [2.45, 2.75) is 12.8 Å². The molecule has 1 fully saturated rings. The molecule has 1 N–H and O–H groups in total. The lowest BCUT2D eigenvalue weighted by Gasteiger charge is -2.37. The first-order valence-electron chi connectivity index (χ1n) is 12.1. The highest BCUT2D eigenvalue weighted by Gasteiger charge is 2.19. The molecule has 178 valence electrons. The van der Waals surface area contributed by atoms with Crippen molar-refractivity contribution in [3.63, 3.8) is 0 Å². The molecule has 6 nitrogen and oxygen atoms in total. The number of pyridine rings is 1. The van der Waals surface area contributed by atoms with E-state index in [9.17, 15) is 4.79 Å². The van der Waals surface area contributed by atoms with Crippen LogP contribution in [0.4, 0.5) is 11.5 Å². The van der Waals surface area contributed by atoms with Crippen molar-refractivity contribution >= 4 is 17.4 Å². The number of aromatic nitrogens is 1. The second-order valence-corrected chi connectivity index (χ2v) is 9.00. The molecular formula is C28H35N5O. The van der Waals surface area contributed by atoms with E-state index < -0.39 is 0 Å². The van der Waals surface area contributed by atoms with Crippen LogP contribution in [0, 0.1) is 0 Å². The van der Waals surface area contributed by atoms with E-state index >= 15 is 0 Å². The highest BCUT2D eigenvalue weighted by Crippen LogP contribution is 2.24. The smallest absolute Gasteiger partial charge is 0.257 e. The molecule has 2 heterocycles. The standard InChI is InChI=1S/C28H35N5O/c1-31(2)28(34)25-13-8-15-29-27(25)30-16-9-17-32-18-20-33(21-19-32)26-14-7-6-12-24(26)22-23-10-4-3-5-11-23/h3-8,10-15H,9,16-22H2,1-2H3,(H,29,30). The lowest BCUT2D eigenvalue weighted by atomic mass is 10.0. The third kappa shape index (κ3) is 6.14. The first-order chi connectivity index (χ1) is 16.6. The number of carbonyl (C=O) groups excluding carboxylic acids is 1. The Labute approximate surface area is 203 Å². The molecule has 0 bridgehead atoms. The summed E-state index contributed by atoms with van der Waals surface area (Å²) in [6, 6.07) is 23.1. The summed E-state index contributed by atoms with van der Waals surface area (Å²) in [6.07, 6.45) is 3.70. The summed E-state index contributed by atoms with van der Waals surface area (Å²) in [4.78, 5) is 23.4. The molecule has 2 aromatic carbocycles. The average molecular weight is 458 g/mol. The topological polar surface area (TPSA) is 51.7 Å². The van der Waals surface area contributed by atoms with Crippen molar-refractivity contribution in [1.29, 1.82) is 0 Å². The maximum Gasteiger partial charge on any atom is 0.257 e. The van der Waals surface area contributed by atoms with E-state index in [0.29, 0.717) is 11.4 Å². The Morgan fingerprint density at radius 1 is 0.941 bits per heavy atom. The molecule has 0 radical (unpaired) electrons. The Balaban J connectivity index is 1.25. The predicted molar refractivity (Wildman–Crippen MR) is 140 cm³/mol. The first kappa shape index (κ1) is 23.8. The summed E-state index contributed by atoms with van der Waals surface area (Å²) < 4.78 is 0. The fraction of sp³-hybridized carbons (Fsp3) is 0.357. The van der Waals surface area contributed by atoms with Crippen LogP contribution in [0.5, 0.6) is 0 Å². The molecular weight excluding hydrogens is 422 g/mol. The number of carbonyl (C=O) groups is 1. The Bertz CT molecular complexity index is 1060. The van der Waals surface area contributed by atoms with Crippen LogP contribution in [-0.4, -0.2) is 74.1 Å². The van der Waals surface area contributed by atoms with Gasteiger partial charge in [-0.25, -0.2) is 4.98 Å². The van der Waals surface area contributed by atoms with Gasteiger partial charge in [0, 0.05) is 58.7 Å². The van der Waals surface area contributed by atoms with Gasteiger partial charge in [-0.15, -0.1) is 0 Å². The zero-order valence-corrected chi connectivity index (χ0v) is 20.3. The van der Waals surface area contributed by atoms with Crippen LogP contribution in [0.25, 0.3) is 0 Å². The summed E-state index contributed by atoms with van der Waals surface area (Å²) >= 11 is 0. The van der Waals surface area contributed by atoms with Gasteiger partial charge in [0.25, 0.3) is 5.91 Å². The van der Waals surface area contributed by atoms with Crippen molar-refractivity contribution < 1.29 is 4.79 Å². The molecule has 0 unspecified atom stereocenters. The van der Waals surface area contributed by atoms with Gasteiger partial charge in [-0.2, -0.15) is 0 Å². The van der Waals surface area contributed by atoms with Crippen molar-refractivity contribution in [3.8, 4) is 0 Å². The monoisotopic (exact) mass is 457 g/mol. The second-order valence-electron chi connectivity index (χ2n) is 9.00. The molecule has 1 aliphatic heterocycles. The number of amides is 1. The fourth-order valence-corrected chi connectivity index (χ4v) is 4.47. The summed E-state index contributed by atoms with van der Waals surface area (Å²) in [5, 5.41) is 3.36. The maximum atomic E-state index is 12.4. The molecule has 1 saturated heterocycles. The Hall–Kier alpha value is -3.38. The molecule has 0 saturated carbocycles. The molecule has 3 aromatic rings. The van der Waals surface area contributed by atoms with E-state index in [2.05, 4.69) is 74.7 Å². The number of piperazine rings is 1. The second kappa shape index (κ2) is 11.7. The quantitative estimate of drug-likeness (QED) is 0.492. The van der Waals surface area contributed by atoms with Gasteiger partial charge in [0.15, 0.2) is 0 Å². The minimum atomic E-state index is -0.0285. The zero-order valence-electron chi connectivity index (χ0n) is 20.3. The Morgan fingerprint density at radius 2 is 1.68 bits per heavy atom. The van der Waals surface area contributed by atoms with E-state index in [1.54, 1.807) is 31.3 Å². The summed E-state index contributed by atoms with van der Waals surface area (Å²) in [6.45, 7) is 6.05. The minimum Gasteiger partial charge on any atom is -0.369 e. The molecule has 1 aliphatic rings. The van der Waals surface area contributed by atoms with E-state index in [-0.39, 0.29) is 5.91 Å². The van der Waals surface area contributed by atoms with Crippen molar-refractivity contribution in [2.24, 2.45) is 0 Å². The number of hydrogen-bond acceptors (Lipinski definition) is 5. The number of hydrogen-bond donors (Lipinski definition) is 1. The lowest BCUT2D eigenvalue weighted by molar-refractivity contribution is 0.0828. The minimum absolute atomic E-state index is 0.0285. The number of benzene rings is 2. The Kier molecular flexibility index (Phi) is 8.15. The van der Waals surface area contributed by atoms with Crippen LogP contribution >= 0.6 is 0 Å². The largest absolute Gasteiger partial charge is 0.369 e. The van der Waals surface area contributed by atoms with E-state index in [0.717, 1.165) is 52.1 Å². The molecule has 1 aromatic heterocycles. The van der Waals surface area contributed by atoms with Crippen LogP contribution in [0.1, 0.15) is 27.9 Å². The third-order valence-corrected chi connectivity index (χ3v) is 6.33. The number of rotatable bonds is 9. The van der Waals surface area contributed by atoms with Gasteiger partial charge in [-0.1, -0.05) is 48.5 Å². The fourth-order valence-electron chi connectivity index (χ4n) is 4.47. The summed E-state index contributed by atoms with van der Waals surface area (Å²) in [7, 11) is 3.53. The molecule has 1 amide bonds. The molecule has 6 heteroatoms. The van der Waals surface area contributed by atoms with E-state index in [4.69, 9.17) is 0 Å². The van der Waals surface area contributed by atoms with Gasteiger partial charge >= 0.3 is 0 Å². The highest BCUT2D eigenvalue weighted by atomic mass is 16.2. The van der Waals surface area contributed by atoms with Crippen LogP contribution in [0.2, 0.25) is 0 Å². The van der Waals surface area contributed by atoms with Crippen LogP contribution in [0.3, 0.4) is 0 Å². The van der Waals surface area contributed by atoms with Crippen molar-refractivity contribution in [3.05, 3.63) is 89.6 Å². The van der Waals surface area contributed by atoms with Crippen LogP contribution in [-0.2, 0) is 6.42 Å². The number of para-hydroxylation sites is 1. The van der Waals surface area contributed by atoms with Gasteiger partial charge in [-0.05, 0) is 48.7 Å². The maximum absolute atomic E-state index is 12.4. The van der Waals surface area contributed by atoms with Gasteiger partial charge < -0.3 is 15.1 Å². The highest BCUT2D eigenvalue weighted by molar-refractivity contribution is 5.98. The molecule has 0 aliphatic carbocycles. The lowest BCUT2D eigenvalue weighted by Crippen LogP contribution is -2.47. The van der Waals surface area contributed by atoms with Gasteiger partial charge in [0.1, 0.15) is 5.82 Å².